The maximum absolute atomic E-state index is 9.29. The monoisotopic (exact) mass is 137 g/mol. The zero-order valence-electron chi connectivity index (χ0n) is 5.85. The lowest BCUT2D eigenvalue weighted by Crippen LogP contribution is -2.19. The third-order valence-electron chi connectivity index (χ3n) is 2.06. The second-order valence-electron chi connectivity index (χ2n) is 3.44. The van der Waals surface area contributed by atoms with Crippen LogP contribution in [0.3, 0.4) is 0 Å². The molecule has 0 aromatic heterocycles. The molecule has 54 valence electrons. The van der Waals surface area contributed by atoms with Crippen molar-refractivity contribution in [3.63, 3.8) is 0 Å². The van der Waals surface area contributed by atoms with Gasteiger partial charge in [0.2, 0.25) is 0 Å². The summed E-state index contributed by atoms with van der Waals surface area (Å²) in [6.07, 6.45) is 3.65. The molecule has 0 atom stereocenters. The molecule has 0 aliphatic heterocycles. The lowest BCUT2D eigenvalue weighted by Gasteiger charge is -1.96. The summed E-state index contributed by atoms with van der Waals surface area (Å²) < 4.78 is 0. The van der Waals surface area contributed by atoms with Crippen molar-refractivity contribution in [3.05, 3.63) is 0 Å². The van der Waals surface area contributed by atoms with Gasteiger partial charge in [-0.25, -0.2) is 0 Å². The first kappa shape index (κ1) is 6.21. The zero-order valence-corrected chi connectivity index (χ0v) is 5.85. The molecule has 0 aromatic carbocycles. The van der Waals surface area contributed by atoms with E-state index in [0.29, 0.717) is 0 Å². The van der Waals surface area contributed by atoms with E-state index in [1.165, 1.54) is 0 Å². The van der Waals surface area contributed by atoms with Gasteiger partial charge < -0.3 is 10.8 Å². The van der Waals surface area contributed by atoms with Crippen molar-refractivity contribution in [2.75, 3.05) is 0 Å². The Bertz CT molecular complexity index is 193. The van der Waals surface area contributed by atoms with Crippen molar-refractivity contribution in [1.29, 1.82) is 0 Å². The molecule has 2 aliphatic rings. The Morgan fingerprint density at radius 1 is 1.10 bits per heavy atom. The Morgan fingerprint density at radius 3 is 2.10 bits per heavy atom. The number of hydrogen-bond acceptors (Lipinski definition) is 2. The van der Waals surface area contributed by atoms with E-state index in [0.717, 1.165) is 25.7 Å². The molecule has 3 N–H and O–H groups in total. The zero-order chi connectivity index (χ0) is 7.24. The van der Waals surface area contributed by atoms with Crippen LogP contribution in [0.25, 0.3) is 0 Å². The van der Waals surface area contributed by atoms with Crippen LogP contribution in [-0.2, 0) is 0 Å². The van der Waals surface area contributed by atoms with Gasteiger partial charge in [0.05, 0.1) is 5.54 Å². The molecule has 0 bridgehead atoms. The van der Waals surface area contributed by atoms with Crippen LogP contribution in [0.15, 0.2) is 0 Å². The summed E-state index contributed by atoms with van der Waals surface area (Å²) in [4.78, 5) is 0. The van der Waals surface area contributed by atoms with Crippen molar-refractivity contribution in [3.8, 4) is 11.8 Å². The molecule has 0 radical (unpaired) electrons. The molecule has 0 unspecified atom stereocenters. The van der Waals surface area contributed by atoms with Gasteiger partial charge in [0.25, 0.3) is 0 Å². The SMILES string of the molecule is NC1(C#CC2(O)CC2)CC1. The molecule has 2 aliphatic carbocycles. The molecular formula is C8H11NO. The second-order valence-corrected chi connectivity index (χ2v) is 3.44. The maximum Gasteiger partial charge on any atom is 0.125 e. The van der Waals surface area contributed by atoms with E-state index in [4.69, 9.17) is 5.73 Å². The van der Waals surface area contributed by atoms with Crippen LogP contribution in [0.5, 0.6) is 0 Å². The first-order valence-electron chi connectivity index (χ1n) is 3.68. The van der Waals surface area contributed by atoms with Crippen molar-refractivity contribution in [1.82, 2.24) is 0 Å². The van der Waals surface area contributed by atoms with Crippen LogP contribution in [0.1, 0.15) is 25.7 Å². The average Bonchev–Trinajstić information content (AvgIpc) is 2.72. The Labute approximate surface area is 60.4 Å². The van der Waals surface area contributed by atoms with Crippen molar-refractivity contribution < 1.29 is 5.11 Å². The summed E-state index contributed by atoms with van der Waals surface area (Å²) in [5, 5.41) is 9.29. The van der Waals surface area contributed by atoms with E-state index in [1.807, 2.05) is 0 Å². The minimum atomic E-state index is -0.644. The van der Waals surface area contributed by atoms with E-state index in [1.54, 1.807) is 0 Å². The summed E-state index contributed by atoms with van der Waals surface area (Å²) in [6.45, 7) is 0. The maximum atomic E-state index is 9.29. The Balaban J connectivity index is 2.02. The highest BCUT2D eigenvalue weighted by molar-refractivity contribution is 5.31. The molecule has 2 heteroatoms. The fourth-order valence-corrected chi connectivity index (χ4v) is 0.744. The van der Waals surface area contributed by atoms with E-state index in [9.17, 15) is 5.11 Å². The Morgan fingerprint density at radius 2 is 1.70 bits per heavy atom. The van der Waals surface area contributed by atoms with E-state index >= 15 is 0 Å². The molecule has 0 spiro atoms. The average molecular weight is 137 g/mol. The summed E-state index contributed by atoms with van der Waals surface area (Å²) in [5.74, 6) is 5.73. The standard InChI is InChI=1S/C8H11NO/c9-7(1-2-7)3-4-8(10)5-6-8/h10H,1-2,5-6,9H2. The quantitative estimate of drug-likeness (QED) is 0.462. The molecule has 0 heterocycles. The summed E-state index contributed by atoms with van der Waals surface area (Å²) in [7, 11) is 0. The minimum absolute atomic E-state index is 0.224. The van der Waals surface area contributed by atoms with E-state index in [2.05, 4.69) is 11.8 Å². The van der Waals surface area contributed by atoms with Crippen molar-refractivity contribution in [2.45, 2.75) is 36.8 Å². The molecule has 0 aromatic rings. The predicted octanol–water partition coefficient (Wildman–Crippen LogP) is 0.00600. The van der Waals surface area contributed by atoms with Crippen LogP contribution in [0, 0.1) is 11.8 Å². The lowest BCUT2D eigenvalue weighted by atomic mass is 10.2. The third kappa shape index (κ3) is 1.16. The van der Waals surface area contributed by atoms with E-state index < -0.39 is 5.60 Å². The molecule has 2 nitrogen and oxygen atoms in total. The normalized spacial score (nSPS) is 30.2. The van der Waals surface area contributed by atoms with Gasteiger partial charge in [-0.1, -0.05) is 11.8 Å². The largest absolute Gasteiger partial charge is 0.378 e. The summed E-state index contributed by atoms with van der Waals surface area (Å²) >= 11 is 0. The fourth-order valence-electron chi connectivity index (χ4n) is 0.744. The van der Waals surface area contributed by atoms with Gasteiger partial charge in [-0.3, -0.25) is 0 Å². The molecular weight excluding hydrogens is 126 g/mol. The number of nitrogens with two attached hydrogens (primary N) is 1. The van der Waals surface area contributed by atoms with Gasteiger partial charge in [-0.2, -0.15) is 0 Å². The number of aliphatic hydroxyl groups is 1. The second kappa shape index (κ2) is 1.55. The van der Waals surface area contributed by atoms with Crippen LogP contribution >= 0.6 is 0 Å². The highest BCUT2D eigenvalue weighted by atomic mass is 16.3. The smallest absolute Gasteiger partial charge is 0.125 e. The van der Waals surface area contributed by atoms with Gasteiger partial charge in [0, 0.05) is 0 Å². The van der Waals surface area contributed by atoms with Crippen LogP contribution in [0.2, 0.25) is 0 Å². The highest BCUT2D eigenvalue weighted by Crippen LogP contribution is 2.36. The van der Waals surface area contributed by atoms with Crippen molar-refractivity contribution in [2.24, 2.45) is 5.73 Å². The topological polar surface area (TPSA) is 46.2 Å². The first-order chi connectivity index (χ1) is 4.62. The molecule has 0 amide bonds. The van der Waals surface area contributed by atoms with Gasteiger partial charge in [-0.05, 0) is 25.7 Å². The molecule has 2 rings (SSSR count). The highest BCUT2D eigenvalue weighted by Gasteiger charge is 2.41. The van der Waals surface area contributed by atoms with Crippen LogP contribution in [-0.4, -0.2) is 16.2 Å². The van der Waals surface area contributed by atoms with Crippen molar-refractivity contribution >= 4 is 0 Å². The summed E-state index contributed by atoms with van der Waals surface area (Å²) in [6, 6.07) is 0. The predicted molar refractivity (Wildman–Crippen MR) is 38.1 cm³/mol. The lowest BCUT2D eigenvalue weighted by molar-refractivity contribution is 0.212. The van der Waals surface area contributed by atoms with Crippen LogP contribution < -0.4 is 5.73 Å². The molecule has 10 heavy (non-hydrogen) atoms. The molecule has 0 saturated heterocycles. The van der Waals surface area contributed by atoms with Crippen LogP contribution in [0.4, 0.5) is 0 Å². The Hall–Kier alpha value is -0.520. The number of hydrogen-bond donors (Lipinski definition) is 2. The summed E-state index contributed by atoms with van der Waals surface area (Å²) in [5.41, 5.74) is 4.83. The van der Waals surface area contributed by atoms with Gasteiger partial charge >= 0.3 is 0 Å². The number of rotatable bonds is 0. The van der Waals surface area contributed by atoms with Gasteiger partial charge in [0.1, 0.15) is 5.60 Å². The molecule has 2 fully saturated rings. The van der Waals surface area contributed by atoms with E-state index in [-0.39, 0.29) is 5.54 Å². The first-order valence-corrected chi connectivity index (χ1v) is 3.68. The molecule has 2 saturated carbocycles. The van der Waals surface area contributed by atoms with Gasteiger partial charge in [-0.15, -0.1) is 0 Å². The Kier molecular flexibility index (Phi) is 0.964. The van der Waals surface area contributed by atoms with Gasteiger partial charge in [0.15, 0.2) is 0 Å². The third-order valence-corrected chi connectivity index (χ3v) is 2.06. The minimum Gasteiger partial charge on any atom is -0.378 e. The fraction of sp³-hybridized carbons (Fsp3) is 0.750.